The highest BCUT2D eigenvalue weighted by Gasteiger charge is 2.27. The van der Waals surface area contributed by atoms with Gasteiger partial charge in [-0.25, -0.2) is 9.97 Å². The standard InChI is InChI=1S/C17H26N4O3/c1-23-10-6-17(22)21-9-5-14(12-21)24-16-11-15(18-13-19-16)20-7-3-2-4-8-20/h11,13-14H,2-10,12H2,1H3. The lowest BCUT2D eigenvalue weighted by atomic mass is 10.1. The second-order valence-corrected chi connectivity index (χ2v) is 6.37. The van der Waals surface area contributed by atoms with Gasteiger partial charge in [-0.15, -0.1) is 0 Å². The lowest BCUT2D eigenvalue weighted by molar-refractivity contribution is -0.131. The summed E-state index contributed by atoms with van der Waals surface area (Å²) < 4.78 is 11.0. The van der Waals surface area contributed by atoms with Gasteiger partial charge in [0, 0.05) is 39.2 Å². The fraction of sp³-hybridized carbons (Fsp3) is 0.706. The predicted molar refractivity (Wildman–Crippen MR) is 90.2 cm³/mol. The molecule has 24 heavy (non-hydrogen) atoms. The molecule has 3 heterocycles. The Balaban J connectivity index is 1.54. The summed E-state index contributed by atoms with van der Waals surface area (Å²) >= 11 is 0. The number of carbonyl (C=O) groups is 1. The smallest absolute Gasteiger partial charge is 0.225 e. The maximum absolute atomic E-state index is 12.0. The van der Waals surface area contributed by atoms with Crippen LogP contribution in [0.25, 0.3) is 0 Å². The number of hydrogen-bond acceptors (Lipinski definition) is 6. The van der Waals surface area contributed by atoms with E-state index in [2.05, 4.69) is 14.9 Å². The Hall–Kier alpha value is -1.89. The van der Waals surface area contributed by atoms with Crippen molar-refractivity contribution in [1.29, 1.82) is 0 Å². The van der Waals surface area contributed by atoms with E-state index in [-0.39, 0.29) is 12.0 Å². The molecule has 2 saturated heterocycles. The first kappa shape index (κ1) is 17.0. The molecule has 2 aliphatic heterocycles. The van der Waals surface area contributed by atoms with Gasteiger partial charge in [0.2, 0.25) is 11.8 Å². The minimum absolute atomic E-state index is 0.000556. The van der Waals surface area contributed by atoms with Crippen molar-refractivity contribution in [2.24, 2.45) is 0 Å². The van der Waals surface area contributed by atoms with E-state index < -0.39 is 0 Å². The minimum Gasteiger partial charge on any atom is -0.472 e. The highest BCUT2D eigenvalue weighted by Crippen LogP contribution is 2.22. The quantitative estimate of drug-likeness (QED) is 0.785. The van der Waals surface area contributed by atoms with Crippen molar-refractivity contribution in [3.63, 3.8) is 0 Å². The second-order valence-electron chi connectivity index (χ2n) is 6.37. The normalized spacial score (nSPS) is 21.1. The van der Waals surface area contributed by atoms with Crippen molar-refractivity contribution in [3.8, 4) is 5.88 Å². The Kier molecular flexibility index (Phi) is 5.85. The molecule has 3 rings (SSSR count). The van der Waals surface area contributed by atoms with Gasteiger partial charge in [-0.05, 0) is 19.3 Å². The fourth-order valence-electron chi connectivity index (χ4n) is 3.26. The van der Waals surface area contributed by atoms with Crippen molar-refractivity contribution in [2.75, 3.05) is 44.8 Å². The van der Waals surface area contributed by atoms with Gasteiger partial charge in [0.15, 0.2) is 0 Å². The van der Waals surface area contributed by atoms with Crippen LogP contribution < -0.4 is 9.64 Å². The topological polar surface area (TPSA) is 67.8 Å². The van der Waals surface area contributed by atoms with Gasteiger partial charge >= 0.3 is 0 Å². The molecule has 0 bridgehead atoms. The van der Waals surface area contributed by atoms with E-state index in [0.29, 0.717) is 25.5 Å². The van der Waals surface area contributed by atoms with Crippen molar-refractivity contribution in [2.45, 2.75) is 38.2 Å². The zero-order chi connectivity index (χ0) is 16.8. The molecule has 0 radical (unpaired) electrons. The van der Waals surface area contributed by atoms with Gasteiger partial charge in [0.05, 0.1) is 19.6 Å². The van der Waals surface area contributed by atoms with Gasteiger partial charge < -0.3 is 19.3 Å². The van der Waals surface area contributed by atoms with Gasteiger partial charge in [-0.3, -0.25) is 4.79 Å². The number of likely N-dealkylation sites (tertiary alicyclic amines) is 1. The van der Waals surface area contributed by atoms with Crippen LogP contribution in [0.15, 0.2) is 12.4 Å². The first-order valence-corrected chi connectivity index (χ1v) is 8.76. The molecule has 1 aromatic heterocycles. The summed E-state index contributed by atoms with van der Waals surface area (Å²) in [6.45, 7) is 3.90. The Morgan fingerprint density at radius 3 is 2.88 bits per heavy atom. The molecule has 1 atom stereocenters. The molecule has 7 heteroatoms. The molecular weight excluding hydrogens is 308 g/mol. The molecule has 1 aromatic rings. The fourth-order valence-corrected chi connectivity index (χ4v) is 3.26. The number of hydrogen-bond donors (Lipinski definition) is 0. The summed E-state index contributed by atoms with van der Waals surface area (Å²) in [5.41, 5.74) is 0. The number of anilines is 1. The second kappa shape index (κ2) is 8.28. The number of amides is 1. The number of ether oxygens (including phenoxy) is 2. The SMILES string of the molecule is COCCC(=O)N1CCC(Oc2cc(N3CCCCC3)ncn2)C1. The molecule has 132 valence electrons. The van der Waals surface area contributed by atoms with E-state index in [1.54, 1.807) is 13.4 Å². The number of piperidine rings is 1. The van der Waals surface area contributed by atoms with Crippen LogP contribution in [0.5, 0.6) is 5.88 Å². The minimum atomic E-state index is 0.000556. The molecule has 0 spiro atoms. The molecule has 0 aromatic carbocycles. The zero-order valence-corrected chi connectivity index (χ0v) is 14.3. The Morgan fingerprint density at radius 1 is 1.25 bits per heavy atom. The maximum Gasteiger partial charge on any atom is 0.225 e. The van der Waals surface area contributed by atoms with Gasteiger partial charge in [-0.1, -0.05) is 0 Å². The van der Waals surface area contributed by atoms with E-state index in [0.717, 1.165) is 31.9 Å². The van der Waals surface area contributed by atoms with Crippen LogP contribution in [0.2, 0.25) is 0 Å². The molecule has 0 aliphatic carbocycles. The largest absolute Gasteiger partial charge is 0.472 e. The van der Waals surface area contributed by atoms with Crippen LogP contribution in [0.4, 0.5) is 5.82 Å². The molecular formula is C17H26N4O3. The third-order valence-corrected chi connectivity index (χ3v) is 4.61. The first-order valence-electron chi connectivity index (χ1n) is 8.76. The first-order chi connectivity index (χ1) is 11.8. The molecule has 1 unspecified atom stereocenters. The third-order valence-electron chi connectivity index (χ3n) is 4.61. The summed E-state index contributed by atoms with van der Waals surface area (Å²) in [5.74, 6) is 1.66. The van der Waals surface area contributed by atoms with Crippen LogP contribution in [0.3, 0.4) is 0 Å². The number of methoxy groups -OCH3 is 1. The number of aromatic nitrogens is 2. The van der Waals surface area contributed by atoms with Crippen molar-refractivity contribution in [1.82, 2.24) is 14.9 Å². The molecule has 0 N–H and O–H groups in total. The van der Waals surface area contributed by atoms with Crippen molar-refractivity contribution >= 4 is 11.7 Å². The Labute approximate surface area is 143 Å². The Bertz CT molecular complexity index is 548. The zero-order valence-electron chi connectivity index (χ0n) is 14.3. The van der Waals surface area contributed by atoms with Crippen LogP contribution in [-0.4, -0.2) is 66.8 Å². The predicted octanol–water partition coefficient (Wildman–Crippen LogP) is 1.48. The summed E-state index contributed by atoms with van der Waals surface area (Å²) in [5, 5.41) is 0. The van der Waals surface area contributed by atoms with E-state index >= 15 is 0 Å². The van der Waals surface area contributed by atoms with E-state index in [9.17, 15) is 4.79 Å². The Morgan fingerprint density at radius 2 is 2.08 bits per heavy atom. The summed E-state index contributed by atoms with van der Waals surface area (Å²) in [6.07, 6.45) is 6.54. The maximum atomic E-state index is 12.0. The average Bonchev–Trinajstić information content (AvgIpc) is 3.09. The lowest BCUT2D eigenvalue weighted by Crippen LogP contribution is -2.32. The van der Waals surface area contributed by atoms with Gasteiger partial charge in [-0.2, -0.15) is 0 Å². The molecule has 1 amide bonds. The number of rotatable bonds is 6. The van der Waals surface area contributed by atoms with E-state index in [1.807, 2.05) is 11.0 Å². The van der Waals surface area contributed by atoms with E-state index in [4.69, 9.17) is 9.47 Å². The van der Waals surface area contributed by atoms with Gasteiger partial charge in [0.1, 0.15) is 18.2 Å². The van der Waals surface area contributed by atoms with Crippen LogP contribution in [0, 0.1) is 0 Å². The third kappa shape index (κ3) is 4.35. The summed E-state index contributed by atoms with van der Waals surface area (Å²) in [7, 11) is 1.61. The number of nitrogens with zero attached hydrogens (tertiary/aromatic N) is 4. The summed E-state index contributed by atoms with van der Waals surface area (Å²) in [4.78, 5) is 24.8. The highest BCUT2D eigenvalue weighted by atomic mass is 16.5. The van der Waals surface area contributed by atoms with Crippen molar-refractivity contribution < 1.29 is 14.3 Å². The lowest BCUT2D eigenvalue weighted by Gasteiger charge is -2.27. The molecule has 2 fully saturated rings. The van der Waals surface area contributed by atoms with Crippen LogP contribution in [0.1, 0.15) is 32.1 Å². The average molecular weight is 334 g/mol. The highest BCUT2D eigenvalue weighted by molar-refractivity contribution is 5.76. The molecule has 0 saturated carbocycles. The molecule has 2 aliphatic rings. The van der Waals surface area contributed by atoms with Gasteiger partial charge in [0.25, 0.3) is 0 Å². The monoisotopic (exact) mass is 334 g/mol. The molecule has 7 nitrogen and oxygen atoms in total. The van der Waals surface area contributed by atoms with Crippen molar-refractivity contribution in [3.05, 3.63) is 12.4 Å². The van der Waals surface area contributed by atoms with Crippen LogP contribution >= 0.6 is 0 Å². The number of carbonyl (C=O) groups excluding carboxylic acids is 1. The van der Waals surface area contributed by atoms with Crippen LogP contribution in [-0.2, 0) is 9.53 Å². The van der Waals surface area contributed by atoms with E-state index in [1.165, 1.54) is 19.3 Å². The summed E-state index contributed by atoms with van der Waals surface area (Å²) in [6, 6.07) is 1.92.